The lowest BCUT2D eigenvalue weighted by Gasteiger charge is -2.28. The number of rotatable bonds is 4. The minimum atomic E-state index is -0.521. The minimum Gasteiger partial charge on any atom is -0.345 e. The van der Waals surface area contributed by atoms with E-state index in [0.717, 1.165) is 16.6 Å². The highest BCUT2D eigenvalue weighted by atomic mass is 16.2. The summed E-state index contributed by atoms with van der Waals surface area (Å²) in [4.78, 5) is 21.2. The number of benzene rings is 1. The van der Waals surface area contributed by atoms with Gasteiger partial charge in [-0.2, -0.15) is 0 Å². The molecule has 1 aromatic heterocycles. The number of H-pyrrole nitrogens is 1. The molecule has 2 aromatic rings. The summed E-state index contributed by atoms with van der Waals surface area (Å²) in [7, 11) is 1.80. The van der Waals surface area contributed by atoms with Crippen molar-refractivity contribution in [3.05, 3.63) is 30.1 Å². The van der Waals surface area contributed by atoms with E-state index in [1.54, 1.807) is 18.3 Å². The lowest BCUT2D eigenvalue weighted by Crippen LogP contribution is -2.42. The number of carbonyl (C=O) groups is 1. The maximum atomic E-state index is 12.2. The van der Waals surface area contributed by atoms with Crippen molar-refractivity contribution in [2.24, 2.45) is 11.1 Å². The average molecular weight is 260 g/mol. The van der Waals surface area contributed by atoms with Gasteiger partial charge >= 0.3 is 0 Å². The number of fused-ring (bicyclic) bond motifs is 1. The summed E-state index contributed by atoms with van der Waals surface area (Å²) in [6, 6.07) is 5.96. The molecule has 0 atom stereocenters. The zero-order valence-electron chi connectivity index (χ0n) is 11.6. The second kappa shape index (κ2) is 5.01. The third kappa shape index (κ3) is 2.76. The van der Waals surface area contributed by atoms with Gasteiger partial charge in [-0.1, -0.05) is 6.07 Å². The summed E-state index contributed by atoms with van der Waals surface area (Å²) < 4.78 is 0. The summed E-state index contributed by atoms with van der Waals surface area (Å²) in [5.74, 6) is 0.0553. The Labute approximate surface area is 112 Å². The quantitative estimate of drug-likeness (QED) is 0.875. The van der Waals surface area contributed by atoms with Gasteiger partial charge in [-0.05, 0) is 31.5 Å². The molecule has 0 radical (unpaired) electrons. The van der Waals surface area contributed by atoms with Gasteiger partial charge in [0.15, 0.2) is 0 Å². The summed E-state index contributed by atoms with van der Waals surface area (Å²) in [5, 5.41) is 0. The van der Waals surface area contributed by atoms with Crippen LogP contribution in [0.25, 0.3) is 11.0 Å². The second-order valence-corrected chi connectivity index (χ2v) is 5.50. The lowest BCUT2D eigenvalue weighted by atomic mass is 9.92. The smallest absolute Gasteiger partial charge is 0.229 e. The molecule has 0 fully saturated rings. The fourth-order valence-electron chi connectivity index (χ4n) is 2.03. The Morgan fingerprint density at radius 2 is 2.21 bits per heavy atom. The number of aromatic amines is 1. The van der Waals surface area contributed by atoms with Crippen LogP contribution in [0.2, 0.25) is 0 Å². The highest BCUT2D eigenvalue weighted by molar-refractivity contribution is 5.82. The first-order chi connectivity index (χ1) is 8.94. The maximum Gasteiger partial charge on any atom is 0.229 e. The third-order valence-electron chi connectivity index (χ3n) is 3.34. The van der Waals surface area contributed by atoms with Crippen molar-refractivity contribution in [2.45, 2.75) is 20.4 Å². The van der Waals surface area contributed by atoms with Crippen molar-refractivity contribution < 1.29 is 4.79 Å². The van der Waals surface area contributed by atoms with Crippen LogP contribution in [0.3, 0.4) is 0 Å². The number of amides is 1. The first-order valence-corrected chi connectivity index (χ1v) is 6.32. The highest BCUT2D eigenvalue weighted by Gasteiger charge is 2.28. The van der Waals surface area contributed by atoms with Crippen molar-refractivity contribution in [3.63, 3.8) is 0 Å². The van der Waals surface area contributed by atoms with Gasteiger partial charge in [-0.15, -0.1) is 0 Å². The Balaban J connectivity index is 2.14. The molecule has 0 bridgehead atoms. The Hall–Kier alpha value is -1.88. The van der Waals surface area contributed by atoms with Crippen LogP contribution in [0.5, 0.6) is 0 Å². The van der Waals surface area contributed by atoms with Gasteiger partial charge in [-0.25, -0.2) is 4.98 Å². The number of aromatic nitrogens is 2. The molecule has 3 N–H and O–H groups in total. The molecule has 0 unspecified atom stereocenters. The maximum absolute atomic E-state index is 12.2. The Bertz CT molecular complexity index is 588. The molecule has 0 aliphatic carbocycles. The van der Waals surface area contributed by atoms with Gasteiger partial charge in [0, 0.05) is 20.1 Å². The molecule has 2 rings (SSSR count). The first kappa shape index (κ1) is 13.5. The van der Waals surface area contributed by atoms with E-state index in [1.807, 2.05) is 32.0 Å². The summed E-state index contributed by atoms with van der Waals surface area (Å²) in [6.45, 7) is 4.64. The van der Waals surface area contributed by atoms with Crippen LogP contribution in [-0.4, -0.2) is 34.4 Å². The SMILES string of the molecule is CN(Cc1ccc2nc[nH]c2c1)C(=O)C(C)(C)CN. The molecule has 0 aliphatic rings. The van der Waals surface area contributed by atoms with Crippen LogP contribution >= 0.6 is 0 Å². The summed E-state index contributed by atoms with van der Waals surface area (Å²) in [6.07, 6.45) is 1.67. The molecule has 0 saturated carbocycles. The van der Waals surface area contributed by atoms with E-state index in [9.17, 15) is 4.79 Å². The van der Waals surface area contributed by atoms with E-state index in [4.69, 9.17) is 5.73 Å². The first-order valence-electron chi connectivity index (χ1n) is 6.32. The molecule has 19 heavy (non-hydrogen) atoms. The number of nitrogens with two attached hydrogens (primary N) is 1. The molecule has 5 nitrogen and oxygen atoms in total. The van der Waals surface area contributed by atoms with Crippen molar-refractivity contribution in [1.29, 1.82) is 0 Å². The molecule has 1 aromatic carbocycles. The van der Waals surface area contributed by atoms with E-state index in [-0.39, 0.29) is 5.91 Å². The number of hydrogen-bond donors (Lipinski definition) is 2. The Kier molecular flexibility index (Phi) is 3.57. The van der Waals surface area contributed by atoms with Crippen molar-refractivity contribution in [2.75, 3.05) is 13.6 Å². The number of hydrogen-bond acceptors (Lipinski definition) is 3. The molecule has 5 heteroatoms. The monoisotopic (exact) mass is 260 g/mol. The topological polar surface area (TPSA) is 75.0 Å². The standard InChI is InChI=1S/C14H20N4O/c1-14(2,8-15)13(19)18(3)7-10-4-5-11-12(6-10)17-9-16-11/h4-6,9H,7-8,15H2,1-3H3,(H,16,17). The van der Waals surface area contributed by atoms with E-state index >= 15 is 0 Å². The molecular weight excluding hydrogens is 240 g/mol. The van der Waals surface area contributed by atoms with Gasteiger partial charge in [0.2, 0.25) is 5.91 Å². The molecule has 1 amide bonds. The van der Waals surface area contributed by atoms with E-state index in [2.05, 4.69) is 9.97 Å². The fourth-order valence-corrected chi connectivity index (χ4v) is 2.03. The third-order valence-corrected chi connectivity index (χ3v) is 3.34. The molecule has 0 spiro atoms. The zero-order valence-corrected chi connectivity index (χ0v) is 11.6. The molecular formula is C14H20N4O. The van der Waals surface area contributed by atoms with E-state index in [0.29, 0.717) is 13.1 Å². The van der Waals surface area contributed by atoms with Crippen molar-refractivity contribution >= 4 is 16.9 Å². The predicted octanol–water partition coefficient (Wildman–Crippen LogP) is 1.51. The summed E-state index contributed by atoms with van der Waals surface area (Å²) >= 11 is 0. The molecule has 0 saturated heterocycles. The number of imidazole rings is 1. The van der Waals surface area contributed by atoms with Gasteiger partial charge in [-0.3, -0.25) is 4.79 Å². The second-order valence-electron chi connectivity index (χ2n) is 5.50. The zero-order chi connectivity index (χ0) is 14.0. The van der Waals surface area contributed by atoms with Gasteiger partial charge in [0.05, 0.1) is 22.8 Å². The Morgan fingerprint density at radius 1 is 1.47 bits per heavy atom. The van der Waals surface area contributed by atoms with Crippen LogP contribution in [0, 0.1) is 5.41 Å². The van der Waals surface area contributed by atoms with Crippen molar-refractivity contribution in [1.82, 2.24) is 14.9 Å². The van der Waals surface area contributed by atoms with Gasteiger partial charge in [0.25, 0.3) is 0 Å². The Morgan fingerprint density at radius 3 is 2.89 bits per heavy atom. The minimum absolute atomic E-state index is 0.0553. The molecule has 0 aliphatic heterocycles. The normalized spacial score (nSPS) is 11.8. The summed E-state index contributed by atoms with van der Waals surface area (Å²) in [5.41, 5.74) is 8.10. The van der Waals surface area contributed by atoms with Crippen molar-refractivity contribution in [3.8, 4) is 0 Å². The number of carbonyl (C=O) groups excluding carboxylic acids is 1. The van der Waals surface area contributed by atoms with Gasteiger partial charge < -0.3 is 15.6 Å². The fraction of sp³-hybridized carbons (Fsp3) is 0.429. The highest BCUT2D eigenvalue weighted by Crippen LogP contribution is 2.19. The number of nitrogens with zero attached hydrogens (tertiary/aromatic N) is 2. The van der Waals surface area contributed by atoms with Crippen LogP contribution in [0.15, 0.2) is 24.5 Å². The molecule has 1 heterocycles. The van der Waals surface area contributed by atoms with Crippen LogP contribution in [-0.2, 0) is 11.3 Å². The van der Waals surface area contributed by atoms with E-state index < -0.39 is 5.41 Å². The van der Waals surface area contributed by atoms with Crippen LogP contribution in [0.4, 0.5) is 0 Å². The number of nitrogens with one attached hydrogen (secondary N) is 1. The predicted molar refractivity (Wildman–Crippen MR) is 75.4 cm³/mol. The lowest BCUT2D eigenvalue weighted by molar-refractivity contribution is -0.139. The largest absolute Gasteiger partial charge is 0.345 e. The average Bonchev–Trinajstić information content (AvgIpc) is 2.85. The van der Waals surface area contributed by atoms with Crippen LogP contribution in [0.1, 0.15) is 19.4 Å². The van der Waals surface area contributed by atoms with Gasteiger partial charge in [0.1, 0.15) is 0 Å². The molecule has 102 valence electrons. The van der Waals surface area contributed by atoms with Crippen LogP contribution < -0.4 is 5.73 Å². The van der Waals surface area contributed by atoms with E-state index in [1.165, 1.54) is 0 Å².